The van der Waals surface area contributed by atoms with Crippen molar-refractivity contribution < 1.29 is 4.42 Å². The van der Waals surface area contributed by atoms with Gasteiger partial charge in [0.05, 0.1) is 5.39 Å². The van der Waals surface area contributed by atoms with Crippen LogP contribution < -0.4 is 5.63 Å². The first kappa shape index (κ1) is 13.6. The zero-order chi connectivity index (χ0) is 16.3. The number of fused-ring (bicyclic) bond motifs is 7. The molecule has 1 aromatic heterocycles. The van der Waals surface area contributed by atoms with Gasteiger partial charge in [-0.1, -0.05) is 48.5 Å². The number of aryl methyl sites for hydroxylation is 2. The van der Waals surface area contributed by atoms with E-state index >= 15 is 0 Å². The molecule has 0 amide bonds. The lowest BCUT2D eigenvalue weighted by atomic mass is 9.81. The molecule has 0 N–H and O–H groups in total. The van der Waals surface area contributed by atoms with Gasteiger partial charge in [0.1, 0.15) is 5.58 Å². The van der Waals surface area contributed by atoms with E-state index in [1.54, 1.807) is 0 Å². The summed E-state index contributed by atoms with van der Waals surface area (Å²) in [6.45, 7) is 2.15. The average molecular weight is 312 g/mol. The molecule has 0 spiro atoms. The van der Waals surface area contributed by atoms with Crippen LogP contribution in [0.25, 0.3) is 32.9 Å². The van der Waals surface area contributed by atoms with Crippen LogP contribution in [0.1, 0.15) is 16.7 Å². The van der Waals surface area contributed by atoms with E-state index in [4.69, 9.17) is 4.42 Å². The molecule has 0 fully saturated rings. The minimum atomic E-state index is -0.239. The normalized spacial score (nSPS) is 13.0. The van der Waals surface area contributed by atoms with Crippen LogP contribution >= 0.6 is 0 Å². The lowest BCUT2D eigenvalue weighted by Gasteiger charge is -2.23. The maximum absolute atomic E-state index is 12.8. The second-order valence-electron chi connectivity index (χ2n) is 6.51. The molecule has 3 aromatic carbocycles. The Labute approximate surface area is 139 Å². The van der Waals surface area contributed by atoms with Gasteiger partial charge in [0, 0.05) is 16.3 Å². The van der Waals surface area contributed by atoms with Crippen molar-refractivity contribution in [1.29, 1.82) is 0 Å². The third-order valence-electron chi connectivity index (χ3n) is 5.17. The Kier molecular flexibility index (Phi) is 2.72. The highest BCUT2D eigenvalue weighted by Crippen LogP contribution is 2.40. The molecule has 0 saturated carbocycles. The van der Waals surface area contributed by atoms with Crippen LogP contribution in [-0.4, -0.2) is 0 Å². The average Bonchev–Trinajstić information content (AvgIpc) is 2.61. The molecule has 24 heavy (non-hydrogen) atoms. The first-order valence-electron chi connectivity index (χ1n) is 8.30. The van der Waals surface area contributed by atoms with Crippen molar-refractivity contribution in [2.45, 2.75) is 19.8 Å². The van der Waals surface area contributed by atoms with Gasteiger partial charge in [-0.15, -0.1) is 0 Å². The summed E-state index contributed by atoms with van der Waals surface area (Å²) in [6.07, 6.45) is 1.99. The third kappa shape index (κ3) is 1.74. The van der Waals surface area contributed by atoms with Gasteiger partial charge in [0.25, 0.3) is 0 Å². The number of hydrogen-bond acceptors (Lipinski definition) is 2. The van der Waals surface area contributed by atoms with Crippen molar-refractivity contribution in [3.8, 4) is 11.1 Å². The Bertz CT molecular complexity index is 1180. The summed E-state index contributed by atoms with van der Waals surface area (Å²) in [5.74, 6) is 0. The predicted molar refractivity (Wildman–Crippen MR) is 97.6 cm³/mol. The van der Waals surface area contributed by atoms with Gasteiger partial charge in [-0.3, -0.25) is 0 Å². The first-order valence-corrected chi connectivity index (χ1v) is 8.30. The van der Waals surface area contributed by atoms with E-state index in [0.717, 1.165) is 34.6 Å². The van der Waals surface area contributed by atoms with Crippen molar-refractivity contribution in [1.82, 2.24) is 0 Å². The summed E-state index contributed by atoms with van der Waals surface area (Å²) >= 11 is 0. The smallest absolute Gasteiger partial charge is 0.344 e. The van der Waals surface area contributed by atoms with E-state index in [1.807, 2.05) is 30.3 Å². The molecular weight excluding hydrogens is 296 g/mol. The minimum absolute atomic E-state index is 0.239. The quantitative estimate of drug-likeness (QED) is 0.337. The highest BCUT2D eigenvalue weighted by atomic mass is 16.4. The third-order valence-corrected chi connectivity index (χ3v) is 5.17. The summed E-state index contributed by atoms with van der Waals surface area (Å²) in [7, 11) is 0. The Morgan fingerprint density at radius 3 is 2.62 bits per heavy atom. The molecule has 1 aliphatic carbocycles. The summed E-state index contributed by atoms with van der Waals surface area (Å²) in [5, 5.41) is 2.72. The number of para-hydroxylation sites is 1. The van der Waals surface area contributed by atoms with E-state index in [9.17, 15) is 4.79 Å². The van der Waals surface area contributed by atoms with E-state index in [-0.39, 0.29) is 5.63 Å². The molecule has 0 aliphatic heterocycles. The molecular formula is C22H16O2. The van der Waals surface area contributed by atoms with Crippen molar-refractivity contribution in [3.63, 3.8) is 0 Å². The van der Waals surface area contributed by atoms with Crippen LogP contribution in [0.15, 0.2) is 63.8 Å². The highest BCUT2D eigenvalue weighted by Gasteiger charge is 2.23. The van der Waals surface area contributed by atoms with Gasteiger partial charge in [0.2, 0.25) is 0 Å². The molecule has 116 valence electrons. The fourth-order valence-electron chi connectivity index (χ4n) is 4.07. The van der Waals surface area contributed by atoms with Crippen LogP contribution in [0.5, 0.6) is 0 Å². The maximum atomic E-state index is 12.8. The van der Waals surface area contributed by atoms with E-state index in [0.29, 0.717) is 5.58 Å². The summed E-state index contributed by atoms with van der Waals surface area (Å²) < 4.78 is 5.64. The molecule has 2 heteroatoms. The molecule has 2 nitrogen and oxygen atoms in total. The number of rotatable bonds is 0. The van der Waals surface area contributed by atoms with Crippen molar-refractivity contribution in [2.24, 2.45) is 0 Å². The van der Waals surface area contributed by atoms with E-state index in [1.165, 1.54) is 22.3 Å². The number of benzene rings is 3. The maximum Gasteiger partial charge on any atom is 0.344 e. The molecule has 4 aromatic rings. The second kappa shape index (κ2) is 4.81. The van der Waals surface area contributed by atoms with Crippen LogP contribution in [0.3, 0.4) is 0 Å². The fraction of sp³-hybridized carbons (Fsp3) is 0.136. The zero-order valence-corrected chi connectivity index (χ0v) is 13.4. The van der Waals surface area contributed by atoms with Gasteiger partial charge in [-0.2, -0.15) is 0 Å². The standard InChI is InChI=1S/C22H16O2/c1-13-12-18-17-8-4-5-9-19(17)24-22(23)21(18)20-15(13)11-10-14-6-2-3-7-16(14)20/h2-9,12H,10-11H2,1H3. The van der Waals surface area contributed by atoms with Gasteiger partial charge in [-0.25, -0.2) is 4.79 Å². The summed E-state index contributed by atoms with van der Waals surface area (Å²) in [4.78, 5) is 12.8. The molecule has 0 atom stereocenters. The Morgan fingerprint density at radius 2 is 1.71 bits per heavy atom. The minimum Gasteiger partial charge on any atom is -0.422 e. The van der Waals surface area contributed by atoms with Gasteiger partial charge in [0.15, 0.2) is 0 Å². The largest absolute Gasteiger partial charge is 0.422 e. The summed E-state index contributed by atoms with van der Waals surface area (Å²) in [5.41, 5.74) is 6.51. The van der Waals surface area contributed by atoms with Gasteiger partial charge < -0.3 is 4.42 Å². The van der Waals surface area contributed by atoms with Crippen molar-refractivity contribution in [3.05, 3.63) is 81.7 Å². The van der Waals surface area contributed by atoms with Crippen molar-refractivity contribution >= 4 is 21.7 Å². The van der Waals surface area contributed by atoms with Crippen LogP contribution in [0.2, 0.25) is 0 Å². The molecule has 1 aliphatic rings. The topological polar surface area (TPSA) is 30.2 Å². The number of hydrogen-bond donors (Lipinski definition) is 0. The Hall–Kier alpha value is -2.87. The lowest BCUT2D eigenvalue weighted by molar-refractivity contribution is 0.569. The van der Waals surface area contributed by atoms with Crippen LogP contribution in [0, 0.1) is 6.92 Å². The fourth-order valence-corrected chi connectivity index (χ4v) is 4.07. The van der Waals surface area contributed by atoms with E-state index < -0.39 is 0 Å². The Morgan fingerprint density at radius 1 is 0.917 bits per heavy atom. The molecule has 0 unspecified atom stereocenters. The molecule has 0 radical (unpaired) electrons. The van der Waals surface area contributed by atoms with Crippen molar-refractivity contribution in [2.75, 3.05) is 0 Å². The first-order chi connectivity index (χ1) is 11.7. The zero-order valence-electron chi connectivity index (χ0n) is 13.4. The predicted octanol–water partition coefficient (Wildman–Crippen LogP) is 5.02. The molecule has 1 heterocycles. The SMILES string of the molecule is Cc1cc2c(c3c1CCc1ccccc1-3)c(=O)oc1ccccc12. The molecule has 5 rings (SSSR count). The molecule has 0 saturated heterocycles. The molecule has 0 bridgehead atoms. The summed E-state index contributed by atoms with van der Waals surface area (Å²) in [6, 6.07) is 18.3. The Balaban J connectivity index is 2.06. The van der Waals surface area contributed by atoms with E-state index in [2.05, 4.69) is 31.2 Å². The second-order valence-corrected chi connectivity index (χ2v) is 6.51. The lowest BCUT2D eigenvalue weighted by Crippen LogP contribution is -2.11. The monoisotopic (exact) mass is 312 g/mol. The van der Waals surface area contributed by atoms with Crippen LogP contribution in [-0.2, 0) is 12.8 Å². The van der Waals surface area contributed by atoms with Gasteiger partial charge in [-0.05, 0) is 48.1 Å². The van der Waals surface area contributed by atoms with Crippen LogP contribution in [0.4, 0.5) is 0 Å². The van der Waals surface area contributed by atoms with Gasteiger partial charge >= 0.3 is 5.63 Å². The highest BCUT2D eigenvalue weighted by molar-refractivity contribution is 6.11.